The molecule has 1 unspecified atom stereocenters. The van der Waals surface area contributed by atoms with Gasteiger partial charge in [-0.15, -0.1) is 11.3 Å². The fraction of sp³-hybridized carbons (Fsp3) is 0.200. The van der Waals surface area contributed by atoms with Crippen molar-refractivity contribution in [2.24, 2.45) is 0 Å². The van der Waals surface area contributed by atoms with Gasteiger partial charge in [0.15, 0.2) is 0 Å². The average molecular weight is 269 g/mol. The summed E-state index contributed by atoms with van der Waals surface area (Å²) in [5, 5.41) is 8.64. The molecule has 0 spiro atoms. The molecule has 0 amide bonds. The Balaban J connectivity index is 2.12. The Kier molecular flexibility index (Phi) is 3.27. The first-order valence-corrected chi connectivity index (χ1v) is 7.14. The molecule has 4 heteroatoms. The third kappa shape index (κ3) is 2.25. The van der Waals surface area contributed by atoms with Crippen LogP contribution >= 0.6 is 11.3 Å². The molecule has 0 aliphatic carbocycles. The highest BCUT2D eigenvalue weighted by molar-refractivity contribution is 7.13. The molecule has 0 radical (unpaired) electrons. The zero-order valence-corrected chi connectivity index (χ0v) is 11.7. The van der Waals surface area contributed by atoms with Crippen molar-refractivity contribution in [3.63, 3.8) is 0 Å². The van der Waals surface area contributed by atoms with E-state index >= 15 is 0 Å². The summed E-state index contributed by atoms with van der Waals surface area (Å²) in [5.41, 5.74) is 2.04. The molecule has 3 aromatic rings. The van der Waals surface area contributed by atoms with Gasteiger partial charge in [-0.25, -0.2) is 4.98 Å². The topological polar surface area (TPSA) is 37.8 Å². The van der Waals surface area contributed by atoms with Gasteiger partial charge in [-0.1, -0.05) is 24.3 Å². The largest absolute Gasteiger partial charge is 0.312 e. The molecular formula is C15H15N3S. The Hall–Kier alpha value is -1.78. The number of rotatable bonds is 3. The number of nitrogens with zero attached hydrogens (tertiary/aromatic N) is 2. The molecule has 0 fully saturated rings. The lowest BCUT2D eigenvalue weighted by molar-refractivity contribution is 0.637. The predicted molar refractivity (Wildman–Crippen MR) is 80.3 cm³/mol. The quantitative estimate of drug-likeness (QED) is 0.789. The number of nitrogens with one attached hydrogen (secondary N) is 1. The van der Waals surface area contributed by atoms with Gasteiger partial charge < -0.3 is 5.32 Å². The molecule has 1 atom stereocenters. The maximum Gasteiger partial charge on any atom is 0.142 e. The molecule has 2 heterocycles. The highest BCUT2D eigenvalue weighted by Gasteiger charge is 2.12. The van der Waals surface area contributed by atoms with Crippen LogP contribution in [0.3, 0.4) is 0 Å². The Morgan fingerprint density at radius 3 is 2.89 bits per heavy atom. The monoisotopic (exact) mass is 269 g/mol. The summed E-state index contributed by atoms with van der Waals surface area (Å²) in [5.74, 6) is 0. The summed E-state index contributed by atoms with van der Waals surface area (Å²) in [6.45, 7) is 2.11. The molecule has 96 valence electrons. The van der Waals surface area contributed by atoms with E-state index in [0.29, 0.717) is 0 Å². The SMILES string of the molecule is CNC(C)c1csc(-c2nccc3ccccc23)n1. The molecule has 3 nitrogen and oxygen atoms in total. The van der Waals surface area contributed by atoms with Gasteiger partial charge in [0.2, 0.25) is 0 Å². The summed E-state index contributed by atoms with van der Waals surface area (Å²) in [7, 11) is 1.94. The summed E-state index contributed by atoms with van der Waals surface area (Å²) in [4.78, 5) is 9.20. The van der Waals surface area contributed by atoms with Crippen LogP contribution in [0.5, 0.6) is 0 Å². The van der Waals surface area contributed by atoms with E-state index in [-0.39, 0.29) is 6.04 Å². The number of hydrogen-bond acceptors (Lipinski definition) is 4. The van der Waals surface area contributed by atoms with E-state index in [4.69, 9.17) is 4.98 Å². The Bertz CT molecular complexity index is 700. The van der Waals surface area contributed by atoms with E-state index in [9.17, 15) is 0 Å². The minimum absolute atomic E-state index is 0.264. The number of fused-ring (bicyclic) bond motifs is 1. The number of thiazole rings is 1. The van der Waals surface area contributed by atoms with Gasteiger partial charge in [0, 0.05) is 23.0 Å². The van der Waals surface area contributed by atoms with Crippen LogP contribution in [0.2, 0.25) is 0 Å². The summed E-state index contributed by atoms with van der Waals surface area (Å²) in [6.07, 6.45) is 1.85. The molecule has 0 saturated carbocycles. The van der Waals surface area contributed by atoms with Crippen molar-refractivity contribution in [3.8, 4) is 10.7 Å². The lowest BCUT2D eigenvalue weighted by Crippen LogP contribution is -2.12. The second-order valence-corrected chi connectivity index (χ2v) is 5.33. The van der Waals surface area contributed by atoms with Gasteiger partial charge in [0.05, 0.1) is 5.69 Å². The lowest BCUT2D eigenvalue weighted by atomic mass is 10.1. The fourth-order valence-corrected chi connectivity index (χ4v) is 2.95. The first-order chi connectivity index (χ1) is 9.29. The number of benzene rings is 1. The van der Waals surface area contributed by atoms with Gasteiger partial charge in [-0.2, -0.15) is 0 Å². The van der Waals surface area contributed by atoms with E-state index in [1.807, 2.05) is 31.4 Å². The van der Waals surface area contributed by atoms with Crippen LogP contribution in [0.1, 0.15) is 18.7 Å². The second kappa shape index (κ2) is 5.07. The minimum Gasteiger partial charge on any atom is -0.312 e. The highest BCUT2D eigenvalue weighted by Crippen LogP contribution is 2.30. The maximum atomic E-state index is 4.69. The molecule has 0 bridgehead atoms. The van der Waals surface area contributed by atoms with E-state index in [1.54, 1.807) is 11.3 Å². The lowest BCUT2D eigenvalue weighted by Gasteiger charge is -2.05. The zero-order chi connectivity index (χ0) is 13.2. The van der Waals surface area contributed by atoms with Crippen molar-refractivity contribution >= 4 is 22.1 Å². The van der Waals surface area contributed by atoms with Crippen LogP contribution in [0.4, 0.5) is 0 Å². The standard InChI is InChI=1S/C15H15N3S/c1-10(16-2)13-9-19-15(18-13)14-12-6-4-3-5-11(12)7-8-17-14/h3-10,16H,1-2H3. The van der Waals surface area contributed by atoms with Crippen LogP contribution in [0, 0.1) is 0 Å². The molecule has 1 N–H and O–H groups in total. The summed E-state index contributed by atoms with van der Waals surface area (Å²) < 4.78 is 0. The molecular weight excluding hydrogens is 254 g/mol. The molecule has 2 aromatic heterocycles. The van der Waals surface area contributed by atoms with Crippen molar-refractivity contribution in [1.29, 1.82) is 0 Å². The first kappa shape index (κ1) is 12.3. The Labute approximate surface area is 116 Å². The minimum atomic E-state index is 0.264. The molecule has 1 aromatic carbocycles. The van der Waals surface area contributed by atoms with E-state index in [0.717, 1.165) is 21.8 Å². The van der Waals surface area contributed by atoms with Gasteiger partial charge in [-0.3, -0.25) is 4.98 Å². The van der Waals surface area contributed by atoms with Gasteiger partial charge in [0.25, 0.3) is 0 Å². The van der Waals surface area contributed by atoms with E-state index < -0.39 is 0 Å². The van der Waals surface area contributed by atoms with Crippen molar-refractivity contribution < 1.29 is 0 Å². The molecule has 0 aliphatic rings. The van der Waals surface area contributed by atoms with Crippen molar-refractivity contribution in [2.45, 2.75) is 13.0 Å². The second-order valence-electron chi connectivity index (χ2n) is 4.47. The summed E-state index contributed by atoms with van der Waals surface area (Å²) >= 11 is 1.65. The van der Waals surface area contributed by atoms with E-state index in [2.05, 4.69) is 34.7 Å². The molecule has 0 saturated heterocycles. The van der Waals surface area contributed by atoms with Crippen LogP contribution in [-0.2, 0) is 0 Å². The third-order valence-corrected chi connectivity index (χ3v) is 4.14. The normalized spacial score (nSPS) is 12.7. The van der Waals surface area contributed by atoms with Crippen LogP contribution < -0.4 is 5.32 Å². The smallest absolute Gasteiger partial charge is 0.142 e. The predicted octanol–water partition coefficient (Wildman–Crippen LogP) is 3.64. The molecule has 3 rings (SSSR count). The average Bonchev–Trinajstić information content (AvgIpc) is 2.95. The third-order valence-electron chi connectivity index (χ3n) is 3.27. The Morgan fingerprint density at radius 1 is 1.21 bits per heavy atom. The fourth-order valence-electron chi connectivity index (χ4n) is 2.03. The van der Waals surface area contributed by atoms with Crippen molar-refractivity contribution in [3.05, 3.63) is 47.6 Å². The zero-order valence-electron chi connectivity index (χ0n) is 10.9. The van der Waals surface area contributed by atoms with Crippen molar-refractivity contribution in [2.75, 3.05) is 7.05 Å². The maximum absolute atomic E-state index is 4.69. The van der Waals surface area contributed by atoms with Gasteiger partial charge >= 0.3 is 0 Å². The Morgan fingerprint density at radius 2 is 2.05 bits per heavy atom. The van der Waals surface area contributed by atoms with E-state index in [1.165, 1.54) is 5.39 Å². The van der Waals surface area contributed by atoms with Crippen LogP contribution in [0.25, 0.3) is 21.5 Å². The number of pyridine rings is 1. The van der Waals surface area contributed by atoms with Gasteiger partial charge in [0.1, 0.15) is 10.7 Å². The van der Waals surface area contributed by atoms with Crippen molar-refractivity contribution in [1.82, 2.24) is 15.3 Å². The van der Waals surface area contributed by atoms with Crippen LogP contribution in [-0.4, -0.2) is 17.0 Å². The number of hydrogen-bond donors (Lipinski definition) is 1. The first-order valence-electron chi connectivity index (χ1n) is 6.26. The number of aromatic nitrogens is 2. The van der Waals surface area contributed by atoms with Crippen LogP contribution in [0.15, 0.2) is 41.9 Å². The summed E-state index contributed by atoms with van der Waals surface area (Å²) in [6, 6.07) is 10.6. The van der Waals surface area contributed by atoms with Gasteiger partial charge in [-0.05, 0) is 25.4 Å². The molecule has 19 heavy (non-hydrogen) atoms. The highest BCUT2D eigenvalue weighted by atomic mass is 32.1. The molecule has 0 aliphatic heterocycles.